The second kappa shape index (κ2) is 1.53. The van der Waals surface area contributed by atoms with Gasteiger partial charge in [-0.05, 0) is 0 Å². The number of amides is 3. The standard InChI is InChI=1S/C3H4N2O3/c6-2-1-5(8)3(7)4-2/h5H,1H2,(H,4,6,7). The molecule has 1 fully saturated rings. The summed E-state index contributed by atoms with van der Waals surface area (Å²) in [4.78, 5) is 20.2. The zero-order chi connectivity index (χ0) is 6.15. The number of urea groups is 1. The number of carbonyl (C=O) groups excluding carboxylic acids is 2. The zero-order valence-electron chi connectivity index (χ0n) is 3.93. The first-order valence-corrected chi connectivity index (χ1v) is 2.07. The first-order valence-electron chi connectivity index (χ1n) is 2.07. The van der Waals surface area contributed by atoms with Crippen LogP contribution in [0.1, 0.15) is 0 Å². The van der Waals surface area contributed by atoms with Crippen LogP contribution in [-0.2, 0) is 4.79 Å². The summed E-state index contributed by atoms with van der Waals surface area (Å²) in [6.45, 7) is -0.279. The number of hydroxylamine groups is 2. The van der Waals surface area contributed by atoms with Crippen molar-refractivity contribution in [3.63, 3.8) is 0 Å². The van der Waals surface area contributed by atoms with Crippen LogP contribution in [0.25, 0.3) is 0 Å². The van der Waals surface area contributed by atoms with Gasteiger partial charge in [-0.3, -0.25) is 9.86 Å². The average molecular weight is 116 g/mol. The summed E-state index contributed by atoms with van der Waals surface area (Å²) in [6, 6.07) is -0.782. The maximum absolute atomic E-state index is 10.2. The topological polar surface area (TPSA) is 73.7 Å². The van der Waals surface area contributed by atoms with Crippen molar-refractivity contribution in [2.45, 2.75) is 0 Å². The summed E-state index contributed by atoms with van der Waals surface area (Å²) in [5, 5.41) is 11.3. The van der Waals surface area contributed by atoms with Crippen LogP contribution in [0, 0.1) is 5.21 Å². The van der Waals surface area contributed by atoms with Gasteiger partial charge in [-0.2, -0.15) is 0 Å². The highest BCUT2D eigenvalue weighted by molar-refractivity contribution is 5.95. The molecule has 1 rings (SSSR count). The number of hydrogen-bond acceptors (Lipinski definition) is 3. The Bertz CT molecular complexity index is 143. The molecule has 1 saturated heterocycles. The van der Waals surface area contributed by atoms with Crippen LogP contribution in [0.4, 0.5) is 4.79 Å². The minimum atomic E-state index is -0.782. The molecule has 0 aromatic heterocycles. The van der Waals surface area contributed by atoms with Crippen molar-refractivity contribution in [1.29, 1.82) is 0 Å². The van der Waals surface area contributed by atoms with Crippen LogP contribution >= 0.6 is 0 Å². The van der Waals surface area contributed by atoms with E-state index in [2.05, 4.69) is 0 Å². The van der Waals surface area contributed by atoms with Gasteiger partial charge in [0.1, 0.15) is 0 Å². The van der Waals surface area contributed by atoms with Crippen LogP contribution in [0.2, 0.25) is 0 Å². The van der Waals surface area contributed by atoms with Crippen molar-refractivity contribution >= 4 is 11.9 Å². The lowest BCUT2D eigenvalue weighted by atomic mass is 10.7. The second-order valence-corrected chi connectivity index (χ2v) is 1.48. The highest BCUT2D eigenvalue weighted by Gasteiger charge is 2.25. The van der Waals surface area contributed by atoms with Crippen molar-refractivity contribution in [2.24, 2.45) is 0 Å². The summed E-state index contributed by atoms with van der Waals surface area (Å²) >= 11 is 0. The van der Waals surface area contributed by atoms with E-state index in [1.54, 1.807) is 0 Å². The lowest BCUT2D eigenvalue weighted by Gasteiger charge is -2.05. The summed E-state index contributed by atoms with van der Waals surface area (Å²) in [5.41, 5.74) is 0. The van der Waals surface area contributed by atoms with Crippen LogP contribution in [0.3, 0.4) is 0 Å². The SMILES string of the molecule is O=C1C[NH+]([O-])C(=O)N1. The fourth-order valence-electron chi connectivity index (χ4n) is 0.467. The number of nitrogens with one attached hydrogen (secondary N) is 2. The molecule has 1 aliphatic heterocycles. The Morgan fingerprint density at radius 1 is 1.62 bits per heavy atom. The van der Waals surface area contributed by atoms with E-state index >= 15 is 0 Å². The molecule has 0 spiro atoms. The van der Waals surface area contributed by atoms with Gasteiger partial charge in [-0.15, -0.1) is 0 Å². The number of carbonyl (C=O) groups is 2. The predicted molar refractivity (Wildman–Crippen MR) is 22.7 cm³/mol. The fourth-order valence-corrected chi connectivity index (χ4v) is 0.467. The van der Waals surface area contributed by atoms with Gasteiger partial charge in [0, 0.05) is 0 Å². The van der Waals surface area contributed by atoms with Crippen LogP contribution in [0.5, 0.6) is 0 Å². The Morgan fingerprint density at radius 3 is 2.38 bits per heavy atom. The normalized spacial score (nSPS) is 28.4. The largest absolute Gasteiger partial charge is 0.625 e. The monoisotopic (exact) mass is 116 g/mol. The van der Waals surface area contributed by atoms with Crippen molar-refractivity contribution in [3.05, 3.63) is 5.21 Å². The first-order chi connectivity index (χ1) is 3.70. The molecule has 1 aliphatic rings. The number of hydrogen-bond donors (Lipinski definition) is 2. The molecule has 1 atom stereocenters. The average Bonchev–Trinajstić information content (AvgIpc) is 1.85. The molecule has 1 unspecified atom stereocenters. The maximum atomic E-state index is 10.2. The van der Waals surface area contributed by atoms with Crippen molar-refractivity contribution in [1.82, 2.24) is 5.32 Å². The van der Waals surface area contributed by atoms with Crippen molar-refractivity contribution in [2.75, 3.05) is 6.54 Å². The lowest BCUT2D eigenvalue weighted by molar-refractivity contribution is -0.741. The van der Waals surface area contributed by atoms with E-state index in [-0.39, 0.29) is 6.54 Å². The summed E-state index contributed by atoms with van der Waals surface area (Å²) in [5.74, 6) is -0.500. The Hall–Kier alpha value is -0.940. The van der Waals surface area contributed by atoms with Gasteiger partial charge >= 0.3 is 6.03 Å². The summed E-state index contributed by atoms with van der Waals surface area (Å²) in [7, 11) is 0. The zero-order valence-corrected chi connectivity index (χ0v) is 3.93. The van der Waals surface area contributed by atoms with Crippen molar-refractivity contribution in [3.8, 4) is 0 Å². The molecule has 3 amide bonds. The molecule has 44 valence electrons. The molecule has 1 heterocycles. The molecule has 0 aliphatic carbocycles. The van der Waals surface area contributed by atoms with Gasteiger partial charge in [0.15, 0.2) is 6.54 Å². The Labute approximate surface area is 44.8 Å². The maximum Gasteiger partial charge on any atom is 0.422 e. The fraction of sp³-hybridized carbons (Fsp3) is 0.333. The molecular formula is C3H4N2O3. The van der Waals surface area contributed by atoms with E-state index in [4.69, 9.17) is 0 Å². The smallest absolute Gasteiger partial charge is 0.422 e. The molecule has 2 N–H and O–H groups in total. The molecule has 0 radical (unpaired) electrons. The number of rotatable bonds is 0. The third kappa shape index (κ3) is 0.682. The van der Waals surface area contributed by atoms with E-state index < -0.39 is 17.0 Å². The third-order valence-electron chi connectivity index (χ3n) is 0.827. The van der Waals surface area contributed by atoms with E-state index in [1.165, 1.54) is 0 Å². The van der Waals surface area contributed by atoms with E-state index in [0.29, 0.717) is 0 Å². The van der Waals surface area contributed by atoms with Gasteiger partial charge in [0.25, 0.3) is 5.91 Å². The number of imide groups is 1. The quantitative estimate of drug-likeness (QED) is 0.274. The molecule has 0 aromatic carbocycles. The van der Waals surface area contributed by atoms with Crippen molar-refractivity contribution < 1.29 is 14.7 Å². The summed E-state index contributed by atoms with van der Waals surface area (Å²) < 4.78 is 0. The molecule has 8 heavy (non-hydrogen) atoms. The molecule has 5 nitrogen and oxygen atoms in total. The van der Waals surface area contributed by atoms with E-state index in [1.807, 2.05) is 5.32 Å². The first kappa shape index (κ1) is 5.20. The Morgan fingerprint density at radius 2 is 2.25 bits per heavy atom. The highest BCUT2D eigenvalue weighted by atomic mass is 16.5. The Kier molecular flexibility index (Phi) is 0.997. The second-order valence-electron chi connectivity index (χ2n) is 1.48. The van der Waals surface area contributed by atoms with Gasteiger partial charge in [0.2, 0.25) is 0 Å². The summed E-state index contributed by atoms with van der Waals surface area (Å²) in [6.07, 6.45) is 0. The van der Waals surface area contributed by atoms with E-state index in [9.17, 15) is 14.8 Å². The molecular weight excluding hydrogens is 112 g/mol. The van der Waals surface area contributed by atoms with Crippen LogP contribution < -0.4 is 10.4 Å². The molecule has 0 aromatic rings. The van der Waals surface area contributed by atoms with Gasteiger partial charge in [0.05, 0.1) is 0 Å². The lowest BCUT2D eigenvalue weighted by Crippen LogP contribution is -3.08. The third-order valence-corrected chi connectivity index (χ3v) is 0.827. The van der Waals surface area contributed by atoms with Crippen LogP contribution in [0.15, 0.2) is 0 Å². The van der Waals surface area contributed by atoms with E-state index in [0.717, 1.165) is 0 Å². The van der Waals surface area contributed by atoms with Gasteiger partial charge in [-0.1, -0.05) is 0 Å². The minimum absolute atomic E-state index is 0.279. The minimum Gasteiger partial charge on any atom is -0.625 e. The van der Waals surface area contributed by atoms with Crippen LogP contribution in [-0.4, -0.2) is 18.5 Å². The molecule has 0 bridgehead atoms. The number of quaternary nitrogens is 1. The molecule has 0 saturated carbocycles. The predicted octanol–water partition coefficient (Wildman–Crippen LogP) is -2.38. The Balaban J connectivity index is 2.64. The van der Waals surface area contributed by atoms with Gasteiger partial charge < -0.3 is 5.21 Å². The molecule has 5 heteroatoms. The van der Waals surface area contributed by atoms with Gasteiger partial charge in [-0.25, -0.2) is 10.1 Å². The highest BCUT2D eigenvalue weighted by Crippen LogP contribution is 1.67.